The van der Waals surface area contributed by atoms with Crippen LogP contribution in [-0.2, 0) is 6.18 Å². The third kappa shape index (κ3) is 3.52. The highest BCUT2D eigenvalue weighted by atomic mass is 35.5. The number of halogens is 4. The number of aromatic nitrogens is 1. The van der Waals surface area contributed by atoms with Crippen LogP contribution < -0.4 is 5.32 Å². The lowest BCUT2D eigenvalue weighted by atomic mass is 10.2. The zero-order chi connectivity index (χ0) is 15.6. The van der Waals surface area contributed by atoms with Gasteiger partial charge in [-0.3, -0.25) is 9.78 Å². The summed E-state index contributed by atoms with van der Waals surface area (Å²) in [6.45, 7) is 1.73. The molecule has 0 saturated heterocycles. The smallest absolute Gasteiger partial charge is 0.322 e. The van der Waals surface area contributed by atoms with Gasteiger partial charge in [0.2, 0.25) is 0 Å². The lowest BCUT2D eigenvalue weighted by molar-refractivity contribution is -0.141. The first kappa shape index (κ1) is 15.3. The quantitative estimate of drug-likeness (QED) is 0.897. The van der Waals surface area contributed by atoms with Crippen LogP contribution in [0.25, 0.3) is 0 Å². The maximum absolute atomic E-state index is 12.4. The van der Waals surface area contributed by atoms with Crippen LogP contribution >= 0.6 is 11.6 Å². The van der Waals surface area contributed by atoms with Crippen molar-refractivity contribution in [2.45, 2.75) is 13.1 Å². The minimum absolute atomic E-state index is 0.0300. The monoisotopic (exact) mass is 314 g/mol. The first-order valence-corrected chi connectivity index (χ1v) is 6.26. The summed E-state index contributed by atoms with van der Waals surface area (Å²) in [7, 11) is 0. The number of benzene rings is 1. The van der Waals surface area contributed by atoms with Crippen molar-refractivity contribution in [3.8, 4) is 0 Å². The molecule has 0 aliphatic carbocycles. The van der Waals surface area contributed by atoms with E-state index < -0.39 is 17.8 Å². The first-order valence-electron chi connectivity index (χ1n) is 5.89. The van der Waals surface area contributed by atoms with Gasteiger partial charge in [-0.15, -0.1) is 0 Å². The minimum Gasteiger partial charge on any atom is -0.322 e. The van der Waals surface area contributed by atoms with Crippen LogP contribution in [-0.4, -0.2) is 10.9 Å². The van der Waals surface area contributed by atoms with Gasteiger partial charge in [-0.25, -0.2) is 0 Å². The molecule has 0 atom stereocenters. The van der Waals surface area contributed by atoms with Crippen LogP contribution in [0.5, 0.6) is 0 Å². The van der Waals surface area contributed by atoms with E-state index in [0.717, 1.165) is 18.3 Å². The lowest BCUT2D eigenvalue weighted by Crippen LogP contribution is -2.14. The van der Waals surface area contributed by atoms with Crippen molar-refractivity contribution in [1.29, 1.82) is 0 Å². The molecule has 3 nitrogen and oxygen atoms in total. The fourth-order valence-corrected chi connectivity index (χ4v) is 1.81. The molecule has 0 aliphatic rings. The van der Waals surface area contributed by atoms with Crippen molar-refractivity contribution in [3.05, 3.63) is 58.4 Å². The predicted molar refractivity (Wildman–Crippen MR) is 73.4 cm³/mol. The van der Waals surface area contributed by atoms with E-state index in [2.05, 4.69) is 10.3 Å². The molecule has 1 amide bonds. The van der Waals surface area contributed by atoms with E-state index in [1.807, 2.05) is 0 Å². The van der Waals surface area contributed by atoms with Crippen LogP contribution in [0.3, 0.4) is 0 Å². The summed E-state index contributed by atoms with van der Waals surface area (Å²) < 4.78 is 37.2. The molecule has 110 valence electrons. The van der Waals surface area contributed by atoms with E-state index in [1.54, 1.807) is 25.1 Å². The van der Waals surface area contributed by atoms with E-state index in [4.69, 9.17) is 11.6 Å². The Balaban J connectivity index is 2.19. The van der Waals surface area contributed by atoms with Gasteiger partial charge in [0, 0.05) is 16.9 Å². The van der Waals surface area contributed by atoms with E-state index in [1.165, 1.54) is 0 Å². The molecule has 0 spiro atoms. The van der Waals surface area contributed by atoms with Crippen LogP contribution in [0.1, 0.15) is 21.6 Å². The van der Waals surface area contributed by atoms with Gasteiger partial charge < -0.3 is 5.32 Å². The second-order valence-electron chi connectivity index (χ2n) is 4.30. The summed E-state index contributed by atoms with van der Waals surface area (Å²) in [5.41, 5.74) is 0.153. The summed E-state index contributed by atoms with van der Waals surface area (Å²) in [6, 6.07) is 6.82. The van der Waals surface area contributed by atoms with Crippen molar-refractivity contribution in [2.75, 3.05) is 5.32 Å². The first-order chi connectivity index (χ1) is 9.79. The van der Waals surface area contributed by atoms with Crippen molar-refractivity contribution >= 4 is 23.2 Å². The zero-order valence-corrected chi connectivity index (χ0v) is 11.6. The maximum atomic E-state index is 12.4. The summed E-state index contributed by atoms with van der Waals surface area (Å²) >= 11 is 5.93. The molecule has 0 fully saturated rings. The normalized spacial score (nSPS) is 11.3. The number of rotatable bonds is 2. The molecule has 7 heteroatoms. The van der Waals surface area contributed by atoms with Gasteiger partial charge in [-0.2, -0.15) is 13.2 Å². The summed E-state index contributed by atoms with van der Waals surface area (Å²) in [4.78, 5) is 15.2. The number of hydrogen-bond acceptors (Lipinski definition) is 2. The molecule has 1 heterocycles. The molecule has 0 bridgehead atoms. The van der Waals surface area contributed by atoms with E-state index >= 15 is 0 Å². The van der Waals surface area contributed by atoms with Crippen molar-refractivity contribution in [1.82, 2.24) is 4.98 Å². The Kier molecular flexibility index (Phi) is 4.18. The van der Waals surface area contributed by atoms with Crippen molar-refractivity contribution in [3.63, 3.8) is 0 Å². The van der Waals surface area contributed by atoms with Crippen molar-refractivity contribution in [2.24, 2.45) is 0 Å². The van der Waals surface area contributed by atoms with E-state index in [-0.39, 0.29) is 5.56 Å². The third-order valence-electron chi connectivity index (χ3n) is 2.83. The Morgan fingerprint density at radius 3 is 2.52 bits per heavy atom. The second-order valence-corrected chi connectivity index (χ2v) is 4.70. The minimum atomic E-state index is -4.53. The number of carbonyl (C=O) groups is 1. The van der Waals surface area contributed by atoms with Gasteiger partial charge in [0.1, 0.15) is 5.69 Å². The summed E-state index contributed by atoms with van der Waals surface area (Å²) in [5, 5.41) is 3.07. The number of nitrogens with one attached hydrogen (secondary N) is 1. The Labute approximate surface area is 123 Å². The maximum Gasteiger partial charge on any atom is 0.433 e. The van der Waals surface area contributed by atoms with Gasteiger partial charge in [-0.1, -0.05) is 17.7 Å². The molecule has 0 radical (unpaired) electrons. The van der Waals surface area contributed by atoms with E-state index in [0.29, 0.717) is 16.3 Å². The molecule has 0 aliphatic heterocycles. The second kappa shape index (κ2) is 5.73. The summed E-state index contributed by atoms with van der Waals surface area (Å²) in [5.74, 6) is -0.554. The number of amides is 1. The standard InChI is InChI=1S/C14H10ClF3N2O/c1-8-10(15)3-2-4-11(8)20-13(21)9-5-6-12(19-7-9)14(16,17)18/h2-7H,1H3,(H,20,21). The highest BCUT2D eigenvalue weighted by Gasteiger charge is 2.32. The number of nitrogens with zero attached hydrogens (tertiary/aromatic N) is 1. The molecular formula is C14H10ClF3N2O. The molecular weight excluding hydrogens is 305 g/mol. The molecule has 1 aromatic carbocycles. The van der Waals surface area contributed by atoms with Gasteiger partial charge in [0.25, 0.3) is 5.91 Å². The SMILES string of the molecule is Cc1c(Cl)cccc1NC(=O)c1ccc(C(F)(F)F)nc1. The fourth-order valence-electron chi connectivity index (χ4n) is 1.63. The average molecular weight is 315 g/mol. The molecule has 1 aromatic heterocycles. The predicted octanol–water partition coefficient (Wildman–Crippen LogP) is 4.31. The Morgan fingerprint density at radius 2 is 1.95 bits per heavy atom. The van der Waals surface area contributed by atoms with E-state index in [9.17, 15) is 18.0 Å². The molecule has 0 unspecified atom stereocenters. The topological polar surface area (TPSA) is 42.0 Å². The highest BCUT2D eigenvalue weighted by molar-refractivity contribution is 6.31. The Morgan fingerprint density at radius 1 is 1.24 bits per heavy atom. The van der Waals surface area contributed by atoms with Gasteiger partial charge >= 0.3 is 6.18 Å². The largest absolute Gasteiger partial charge is 0.433 e. The highest BCUT2D eigenvalue weighted by Crippen LogP contribution is 2.27. The number of pyridine rings is 1. The Hall–Kier alpha value is -2.08. The molecule has 21 heavy (non-hydrogen) atoms. The van der Waals surface area contributed by atoms with Gasteiger partial charge in [0.05, 0.1) is 5.56 Å². The number of hydrogen-bond donors (Lipinski definition) is 1. The molecule has 2 aromatic rings. The molecule has 1 N–H and O–H groups in total. The zero-order valence-electron chi connectivity index (χ0n) is 10.8. The van der Waals surface area contributed by atoms with Gasteiger partial charge in [-0.05, 0) is 36.8 Å². The van der Waals surface area contributed by atoms with Crippen molar-refractivity contribution < 1.29 is 18.0 Å². The third-order valence-corrected chi connectivity index (χ3v) is 3.24. The number of anilines is 1. The van der Waals surface area contributed by atoms with Gasteiger partial charge in [0.15, 0.2) is 0 Å². The molecule has 0 saturated carbocycles. The fraction of sp³-hybridized carbons (Fsp3) is 0.143. The molecule has 2 rings (SSSR count). The Bertz CT molecular complexity index is 669. The number of alkyl halides is 3. The average Bonchev–Trinajstić information content (AvgIpc) is 2.43. The van der Waals surface area contributed by atoms with Crippen LogP contribution in [0, 0.1) is 6.92 Å². The number of carbonyl (C=O) groups excluding carboxylic acids is 1. The summed E-state index contributed by atoms with van der Waals surface area (Å²) in [6.07, 6.45) is -3.64. The van der Waals surface area contributed by atoms with Crippen LogP contribution in [0.4, 0.5) is 18.9 Å². The van der Waals surface area contributed by atoms with Crippen LogP contribution in [0.15, 0.2) is 36.5 Å². The lowest BCUT2D eigenvalue weighted by Gasteiger charge is -2.10. The van der Waals surface area contributed by atoms with Crippen LogP contribution in [0.2, 0.25) is 5.02 Å².